The van der Waals surface area contributed by atoms with E-state index in [1.165, 1.54) is 28.6 Å². The van der Waals surface area contributed by atoms with Crippen molar-refractivity contribution in [2.24, 2.45) is 0 Å². The number of amides is 3. The summed E-state index contributed by atoms with van der Waals surface area (Å²) >= 11 is 1.22. The highest BCUT2D eigenvalue weighted by Gasteiger charge is 2.43. The van der Waals surface area contributed by atoms with Gasteiger partial charge < -0.3 is 24.0 Å². The summed E-state index contributed by atoms with van der Waals surface area (Å²) in [6.07, 6.45) is 1.65. The molecule has 4 aromatic rings. The molecule has 11 nitrogen and oxygen atoms in total. The van der Waals surface area contributed by atoms with Gasteiger partial charge in [0.15, 0.2) is 11.2 Å². The van der Waals surface area contributed by atoms with E-state index in [2.05, 4.69) is 20.2 Å². The van der Waals surface area contributed by atoms with Crippen molar-refractivity contribution in [1.82, 2.24) is 24.3 Å². The van der Waals surface area contributed by atoms with Crippen molar-refractivity contribution in [1.29, 1.82) is 0 Å². The Morgan fingerprint density at radius 3 is 2.50 bits per heavy atom. The Balaban J connectivity index is 1.10. The molecule has 0 aliphatic carbocycles. The number of nitrogens with zero attached hydrogens (tertiary/aromatic N) is 6. The van der Waals surface area contributed by atoms with Gasteiger partial charge >= 0.3 is 6.09 Å². The number of aromatic nitrogens is 3. The number of halogens is 2. The fourth-order valence-electron chi connectivity index (χ4n) is 6.49. The highest BCUT2D eigenvalue weighted by Crippen LogP contribution is 2.38. The average molecular weight is 676 g/mol. The van der Waals surface area contributed by atoms with E-state index in [9.17, 15) is 18.8 Å². The molecule has 0 spiro atoms. The number of rotatable bonds is 6. The molecule has 1 unspecified atom stereocenters. The number of piperazine rings is 1. The van der Waals surface area contributed by atoms with E-state index in [1.807, 2.05) is 45.0 Å². The molecule has 14 heteroatoms. The lowest BCUT2D eigenvalue weighted by atomic mass is 9.99. The largest absolute Gasteiger partial charge is 0.444 e. The highest BCUT2D eigenvalue weighted by molar-refractivity contribution is 7.13. The summed E-state index contributed by atoms with van der Waals surface area (Å²) in [6.45, 7) is 7.85. The molecule has 0 saturated carbocycles. The molecular formula is C34H35F2N7O4S. The third-order valence-electron chi connectivity index (χ3n) is 8.78. The van der Waals surface area contributed by atoms with Gasteiger partial charge in [0.2, 0.25) is 0 Å². The minimum Gasteiger partial charge on any atom is -0.444 e. The van der Waals surface area contributed by atoms with Gasteiger partial charge in [0.1, 0.15) is 17.6 Å². The lowest BCUT2D eigenvalue weighted by Crippen LogP contribution is -2.50. The Labute approximate surface area is 280 Å². The molecule has 0 bridgehead atoms. The lowest BCUT2D eigenvalue weighted by molar-refractivity contribution is -0.121. The first kappa shape index (κ1) is 31.7. The summed E-state index contributed by atoms with van der Waals surface area (Å²) in [6, 6.07) is 9.47. The van der Waals surface area contributed by atoms with E-state index < -0.39 is 35.4 Å². The predicted octanol–water partition coefficient (Wildman–Crippen LogP) is 5.43. The zero-order valence-corrected chi connectivity index (χ0v) is 27.6. The van der Waals surface area contributed by atoms with Crippen LogP contribution in [0.3, 0.4) is 0 Å². The summed E-state index contributed by atoms with van der Waals surface area (Å²) in [5, 5.41) is 4.80. The highest BCUT2D eigenvalue weighted by atomic mass is 32.1. The van der Waals surface area contributed by atoms with Gasteiger partial charge in [0.05, 0.1) is 25.1 Å². The fourth-order valence-corrected chi connectivity index (χ4v) is 7.02. The van der Waals surface area contributed by atoms with Crippen molar-refractivity contribution < 1.29 is 27.9 Å². The van der Waals surface area contributed by atoms with Crippen LogP contribution in [0.25, 0.3) is 11.1 Å². The van der Waals surface area contributed by atoms with Crippen LogP contribution in [0.4, 0.5) is 24.4 Å². The molecule has 250 valence electrons. The summed E-state index contributed by atoms with van der Waals surface area (Å²) in [5.74, 6) is -1.63. The minimum absolute atomic E-state index is 0.0687. The van der Waals surface area contributed by atoms with Crippen LogP contribution in [-0.2, 0) is 29.0 Å². The summed E-state index contributed by atoms with van der Waals surface area (Å²) in [5.41, 5.74) is 2.82. The van der Waals surface area contributed by atoms with E-state index in [0.717, 1.165) is 11.3 Å². The molecule has 3 amide bonds. The molecule has 2 atom stereocenters. The molecule has 0 radical (unpaired) electrons. The van der Waals surface area contributed by atoms with Crippen LogP contribution in [0.2, 0.25) is 0 Å². The number of ether oxygens (including phenoxy) is 1. The Hall–Kier alpha value is -4.85. The molecule has 7 rings (SSSR count). The Morgan fingerprint density at radius 1 is 1.06 bits per heavy atom. The standard InChI is InChI=1S/C34H35F2N7O4S/c1-34(2,3)47-33(46)41-11-9-40(10-12-41)23-6-4-20(5-7-23)21-14-24-25(26(36)15-21)18-43(31(24)45)29(30(44)39-32-37-8-13-48-32)28-27-16-22(35)17-42(27)19-38-28/h4-8,13-15,19,22,29H,9-12,16-18H2,1-3H3,(H,37,39,44)/t22-,29?/m1/s1. The molecule has 3 aliphatic rings. The van der Waals surface area contributed by atoms with Gasteiger partial charge in [-0.2, -0.15) is 0 Å². The van der Waals surface area contributed by atoms with Crippen molar-refractivity contribution in [3.63, 3.8) is 0 Å². The number of nitrogens with one attached hydrogen (secondary N) is 1. The van der Waals surface area contributed by atoms with E-state index >= 15 is 4.39 Å². The van der Waals surface area contributed by atoms with Gasteiger partial charge in [0.25, 0.3) is 11.8 Å². The predicted molar refractivity (Wildman–Crippen MR) is 176 cm³/mol. The maximum atomic E-state index is 15.7. The third-order valence-corrected chi connectivity index (χ3v) is 9.47. The minimum atomic E-state index is -1.21. The molecule has 48 heavy (non-hydrogen) atoms. The second kappa shape index (κ2) is 12.3. The smallest absolute Gasteiger partial charge is 0.410 e. The van der Waals surface area contributed by atoms with Gasteiger partial charge in [0, 0.05) is 66.7 Å². The van der Waals surface area contributed by atoms with Crippen molar-refractivity contribution in [2.75, 3.05) is 36.4 Å². The van der Waals surface area contributed by atoms with E-state index in [-0.39, 0.29) is 42.4 Å². The number of thiazole rings is 1. The zero-order chi connectivity index (χ0) is 33.7. The van der Waals surface area contributed by atoms with Crippen LogP contribution in [0.1, 0.15) is 54.1 Å². The number of anilines is 2. The molecular weight excluding hydrogens is 640 g/mol. The van der Waals surface area contributed by atoms with Crippen molar-refractivity contribution in [3.8, 4) is 11.1 Å². The molecule has 1 fully saturated rings. The number of benzene rings is 2. The van der Waals surface area contributed by atoms with Crippen LogP contribution >= 0.6 is 11.3 Å². The number of alkyl halides is 1. The van der Waals surface area contributed by atoms with Crippen LogP contribution in [0.15, 0.2) is 54.3 Å². The van der Waals surface area contributed by atoms with Gasteiger partial charge in [-0.25, -0.2) is 23.5 Å². The monoisotopic (exact) mass is 675 g/mol. The first-order chi connectivity index (χ1) is 22.9. The van der Waals surface area contributed by atoms with Crippen LogP contribution < -0.4 is 10.2 Å². The number of carbonyl (C=O) groups excluding carboxylic acids is 3. The van der Waals surface area contributed by atoms with Crippen molar-refractivity contribution in [3.05, 3.63) is 82.6 Å². The Kier molecular flexibility index (Phi) is 8.14. The van der Waals surface area contributed by atoms with Gasteiger partial charge in [-0.3, -0.25) is 14.9 Å². The number of fused-ring (bicyclic) bond motifs is 2. The second-order valence-corrected chi connectivity index (χ2v) is 14.1. The van der Waals surface area contributed by atoms with Crippen LogP contribution in [-0.4, -0.2) is 80.2 Å². The maximum Gasteiger partial charge on any atom is 0.410 e. The van der Waals surface area contributed by atoms with E-state index in [1.54, 1.807) is 27.1 Å². The second-order valence-electron chi connectivity index (χ2n) is 13.2. The topological polar surface area (TPSA) is 113 Å². The van der Waals surface area contributed by atoms with Crippen molar-refractivity contribution >= 4 is 40.1 Å². The molecule has 1 N–H and O–H groups in total. The summed E-state index contributed by atoms with van der Waals surface area (Å²) < 4.78 is 37.2. The zero-order valence-electron chi connectivity index (χ0n) is 26.8. The first-order valence-corrected chi connectivity index (χ1v) is 16.7. The lowest BCUT2D eigenvalue weighted by Gasteiger charge is -2.36. The number of carbonyl (C=O) groups is 3. The Morgan fingerprint density at radius 2 is 1.81 bits per heavy atom. The van der Waals surface area contributed by atoms with Crippen LogP contribution in [0, 0.1) is 5.82 Å². The SMILES string of the molecule is CC(C)(C)OC(=O)N1CCN(c2ccc(-c3cc(F)c4c(c3)C(=O)N(C(C(=O)Nc3nccs3)c3ncn5c3C[C@@H](F)C5)C4)cc2)CC1. The molecule has 2 aromatic carbocycles. The van der Waals surface area contributed by atoms with Crippen LogP contribution in [0.5, 0.6) is 0 Å². The van der Waals surface area contributed by atoms with Gasteiger partial charge in [-0.15, -0.1) is 11.3 Å². The van der Waals surface area contributed by atoms with Gasteiger partial charge in [-0.1, -0.05) is 12.1 Å². The fraction of sp³-hybridized carbons (Fsp3) is 0.382. The molecule has 5 heterocycles. The third kappa shape index (κ3) is 6.12. The van der Waals surface area contributed by atoms with E-state index in [4.69, 9.17) is 4.74 Å². The normalized spacial score (nSPS) is 18.1. The summed E-state index contributed by atoms with van der Waals surface area (Å²) in [7, 11) is 0. The van der Waals surface area contributed by atoms with Crippen molar-refractivity contribution in [2.45, 2.75) is 58.1 Å². The number of imidazole rings is 1. The average Bonchev–Trinajstić information content (AvgIpc) is 3.84. The van der Waals surface area contributed by atoms with E-state index in [0.29, 0.717) is 42.6 Å². The van der Waals surface area contributed by atoms with Gasteiger partial charge in [-0.05, 0) is 56.2 Å². The molecule has 3 aliphatic heterocycles. The number of hydrogen-bond donors (Lipinski definition) is 1. The maximum absolute atomic E-state index is 15.7. The first-order valence-electron chi connectivity index (χ1n) is 15.8. The number of hydrogen-bond acceptors (Lipinski definition) is 8. The molecule has 1 saturated heterocycles. The summed E-state index contributed by atoms with van der Waals surface area (Å²) in [4.78, 5) is 53.8. The Bertz CT molecular complexity index is 1860. The molecule has 2 aromatic heterocycles. The quantitative estimate of drug-likeness (QED) is 0.290.